The Labute approximate surface area is 161 Å². The number of halogens is 2. The van der Waals surface area contributed by atoms with E-state index in [9.17, 15) is 4.79 Å². The van der Waals surface area contributed by atoms with Crippen LogP contribution in [0, 0.1) is 13.8 Å². The van der Waals surface area contributed by atoms with Crippen molar-refractivity contribution in [1.82, 2.24) is 9.97 Å². The molecular formula is C19H16Cl2N4O. The Morgan fingerprint density at radius 1 is 0.885 bits per heavy atom. The van der Waals surface area contributed by atoms with Crippen LogP contribution >= 0.6 is 23.2 Å². The van der Waals surface area contributed by atoms with Gasteiger partial charge in [-0.1, -0.05) is 47.5 Å². The van der Waals surface area contributed by atoms with Gasteiger partial charge in [-0.2, -0.15) is 0 Å². The number of carbonyl (C=O) groups excluding carboxylic acids is 1. The molecule has 0 radical (unpaired) electrons. The summed E-state index contributed by atoms with van der Waals surface area (Å²) in [6, 6.07) is 11.0. The third-order valence-electron chi connectivity index (χ3n) is 3.83. The van der Waals surface area contributed by atoms with Crippen molar-refractivity contribution in [3.8, 4) is 0 Å². The minimum absolute atomic E-state index is 0.299. The topological polar surface area (TPSA) is 66.9 Å². The first kappa shape index (κ1) is 18.2. The third kappa shape index (κ3) is 3.95. The highest BCUT2D eigenvalue weighted by Gasteiger charge is 2.13. The second kappa shape index (κ2) is 7.72. The van der Waals surface area contributed by atoms with Crippen LogP contribution in [0.4, 0.5) is 17.3 Å². The Morgan fingerprint density at radius 2 is 1.42 bits per heavy atom. The summed E-state index contributed by atoms with van der Waals surface area (Å²) >= 11 is 12.1. The highest BCUT2D eigenvalue weighted by molar-refractivity contribution is 6.40. The quantitative estimate of drug-likeness (QED) is 0.629. The molecule has 0 spiro atoms. The van der Waals surface area contributed by atoms with E-state index in [4.69, 9.17) is 23.2 Å². The molecule has 1 amide bonds. The average molecular weight is 387 g/mol. The molecule has 0 aliphatic rings. The highest BCUT2D eigenvalue weighted by atomic mass is 35.5. The largest absolute Gasteiger partial charge is 0.324 e. The van der Waals surface area contributed by atoms with Crippen molar-refractivity contribution in [2.75, 3.05) is 10.6 Å². The molecular weight excluding hydrogens is 371 g/mol. The van der Waals surface area contributed by atoms with Crippen LogP contribution in [0.25, 0.3) is 0 Å². The summed E-state index contributed by atoms with van der Waals surface area (Å²) in [5.41, 5.74) is 3.78. The molecule has 0 unspecified atom stereocenters. The third-order valence-corrected chi connectivity index (χ3v) is 4.46. The zero-order valence-corrected chi connectivity index (χ0v) is 15.7. The van der Waals surface area contributed by atoms with Crippen LogP contribution in [-0.2, 0) is 0 Å². The Balaban J connectivity index is 1.76. The summed E-state index contributed by atoms with van der Waals surface area (Å²) in [4.78, 5) is 20.8. The standard InChI is InChI=1S/C19H16Cl2N4O/c1-11-5-3-6-12(2)16(11)25-19-22-9-13(10-23-19)18(26)24-17-14(20)7-4-8-15(17)21/h3-10H,1-2H3,(H,24,26)(H,22,23,25). The minimum Gasteiger partial charge on any atom is -0.324 e. The molecule has 0 aliphatic heterocycles. The van der Waals surface area contributed by atoms with Gasteiger partial charge in [0.1, 0.15) is 0 Å². The number of hydrogen-bond donors (Lipinski definition) is 2. The Kier molecular flexibility index (Phi) is 5.40. The van der Waals surface area contributed by atoms with E-state index in [1.165, 1.54) is 12.4 Å². The van der Waals surface area contributed by atoms with E-state index < -0.39 is 5.91 Å². The summed E-state index contributed by atoms with van der Waals surface area (Å²) in [6.07, 6.45) is 2.89. The fourth-order valence-electron chi connectivity index (χ4n) is 2.44. The van der Waals surface area contributed by atoms with Gasteiger partial charge in [-0.15, -0.1) is 0 Å². The Hall–Kier alpha value is -2.63. The molecule has 0 saturated carbocycles. The average Bonchev–Trinajstić information content (AvgIpc) is 2.62. The maximum Gasteiger partial charge on any atom is 0.258 e. The Morgan fingerprint density at radius 3 is 2.00 bits per heavy atom. The second-order valence-electron chi connectivity index (χ2n) is 5.74. The van der Waals surface area contributed by atoms with Crippen molar-refractivity contribution in [1.29, 1.82) is 0 Å². The lowest BCUT2D eigenvalue weighted by Crippen LogP contribution is -2.14. The van der Waals surface area contributed by atoms with Crippen LogP contribution < -0.4 is 10.6 Å². The predicted molar refractivity (Wildman–Crippen MR) is 106 cm³/mol. The lowest BCUT2D eigenvalue weighted by atomic mass is 10.1. The van der Waals surface area contributed by atoms with Crippen molar-refractivity contribution in [2.24, 2.45) is 0 Å². The number of aromatic nitrogens is 2. The van der Waals surface area contributed by atoms with Crippen molar-refractivity contribution in [2.45, 2.75) is 13.8 Å². The van der Waals surface area contributed by atoms with E-state index in [-0.39, 0.29) is 0 Å². The molecule has 3 aromatic rings. The number of aryl methyl sites for hydroxylation is 2. The maximum absolute atomic E-state index is 12.4. The normalized spacial score (nSPS) is 10.5. The summed E-state index contributed by atoms with van der Waals surface area (Å²) in [5, 5.41) is 6.58. The van der Waals surface area contributed by atoms with Gasteiger partial charge in [0.25, 0.3) is 5.91 Å². The van der Waals surface area contributed by atoms with Gasteiger partial charge < -0.3 is 10.6 Å². The first-order chi connectivity index (χ1) is 12.5. The monoisotopic (exact) mass is 386 g/mol. The number of nitrogens with zero attached hydrogens (tertiary/aromatic N) is 2. The lowest BCUT2D eigenvalue weighted by Gasteiger charge is -2.12. The van der Waals surface area contributed by atoms with Crippen LogP contribution in [0.1, 0.15) is 21.5 Å². The first-order valence-corrected chi connectivity index (χ1v) is 8.62. The number of amides is 1. The number of rotatable bonds is 4. The van der Waals surface area contributed by atoms with Crippen LogP contribution in [0.5, 0.6) is 0 Å². The first-order valence-electron chi connectivity index (χ1n) is 7.86. The van der Waals surface area contributed by atoms with E-state index in [1.807, 2.05) is 32.0 Å². The number of hydrogen-bond acceptors (Lipinski definition) is 4. The summed E-state index contributed by atoms with van der Waals surface area (Å²) in [7, 11) is 0. The number of nitrogens with one attached hydrogen (secondary N) is 2. The van der Waals surface area contributed by atoms with Gasteiger partial charge >= 0.3 is 0 Å². The van der Waals surface area contributed by atoms with Crippen LogP contribution in [0.15, 0.2) is 48.8 Å². The molecule has 7 heteroatoms. The number of carbonyl (C=O) groups is 1. The Bertz CT molecular complexity index is 918. The fourth-order valence-corrected chi connectivity index (χ4v) is 2.93. The summed E-state index contributed by atoms with van der Waals surface area (Å²) in [6.45, 7) is 4.01. The predicted octanol–water partition coefficient (Wildman–Crippen LogP) is 5.40. The van der Waals surface area contributed by atoms with Crippen LogP contribution in [-0.4, -0.2) is 15.9 Å². The van der Waals surface area contributed by atoms with Gasteiger partial charge in [0, 0.05) is 18.1 Å². The SMILES string of the molecule is Cc1cccc(C)c1Nc1ncc(C(=O)Nc2c(Cl)cccc2Cl)cn1. The second-order valence-corrected chi connectivity index (χ2v) is 6.55. The smallest absolute Gasteiger partial charge is 0.258 e. The zero-order chi connectivity index (χ0) is 18.7. The van der Waals surface area contributed by atoms with Gasteiger partial charge in [-0.05, 0) is 37.1 Å². The number of anilines is 3. The van der Waals surface area contributed by atoms with Crippen LogP contribution in [0.2, 0.25) is 10.0 Å². The molecule has 5 nitrogen and oxygen atoms in total. The number of para-hydroxylation sites is 2. The molecule has 2 aromatic carbocycles. The molecule has 0 bridgehead atoms. The molecule has 3 rings (SSSR count). The maximum atomic E-state index is 12.4. The van der Waals surface area contributed by atoms with Crippen molar-refractivity contribution >= 4 is 46.4 Å². The molecule has 0 fully saturated rings. The highest BCUT2D eigenvalue weighted by Crippen LogP contribution is 2.30. The minimum atomic E-state index is -0.390. The zero-order valence-electron chi connectivity index (χ0n) is 14.2. The van der Waals surface area contributed by atoms with E-state index in [2.05, 4.69) is 20.6 Å². The van der Waals surface area contributed by atoms with Gasteiger partial charge in [0.05, 0.1) is 21.3 Å². The summed E-state index contributed by atoms with van der Waals surface area (Å²) in [5.74, 6) is 0.0216. The molecule has 0 saturated heterocycles. The van der Waals surface area contributed by atoms with Crippen molar-refractivity contribution in [3.05, 3.63) is 75.5 Å². The van der Waals surface area contributed by atoms with Crippen molar-refractivity contribution in [3.63, 3.8) is 0 Å². The fraction of sp³-hybridized carbons (Fsp3) is 0.105. The van der Waals surface area contributed by atoms with E-state index in [0.29, 0.717) is 27.2 Å². The molecule has 1 heterocycles. The van der Waals surface area contributed by atoms with Gasteiger partial charge in [-0.25, -0.2) is 9.97 Å². The van der Waals surface area contributed by atoms with Crippen LogP contribution in [0.3, 0.4) is 0 Å². The lowest BCUT2D eigenvalue weighted by molar-refractivity contribution is 0.102. The molecule has 26 heavy (non-hydrogen) atoms. The molecule has 132 valence electrons. The van der Waals surface area contributed by atoms with E-state index >= 15 is 0 Å². The molecule has 2 N–H and O–H groups in total. The van der Waals surface area contributed by atoms with E-state index in [1.54, 1.807) is 18.2 Å². The molecule has 0 aliphatic carbocycles. The molecule has 1 aromatic heterocycles. The van der Waals surface area contributed by atoms with Gasteiger partial charge in [-0.3, -0.25) is 4.79 Å². The van der Waals surface area contributed by atoms with Gasteiger partial charge in [0.2, 0.25) is 5.95 Å². The number of benzene rings is 2. The molecule has 0 atom stereocenters. The summed E-state index contributed by atoms with van der Waals surface area (Å²) < 4.78 is 0. The van der Waals surface area contributed by atoms with E-state index in [0.717, 1.165) is 16.8 Å². The van der Waals surface area contributed by atoms with Gasteiger partial charge in [0.15, 0.2) is 0 Å². The van der Waals surface area contributed by atoms with Crippen molar-refractivity contribution < 1.29 is 4.79 Å².